The van der Waals surface area contributed by atoms with E-state index in [1.165, 1.54) is 6.07 Å². The van der Waals surface area contributed by atoms with E-state index in [2.05, 4.69) is 15.9 Å². The molecule has 21 heavy (non-hydrogen) atoms. The molecule has 0 aromatic heterocycles. The second-order valence-electron chi connectivity index (χ2n) is 5.47. The number of aliphatic carboxylic acids is 1. The summed E-state index contributed by atoms with van der Waals surface area (Å²) in [6, 6.07) is 12.4. The quantitative estimate of drug-likeness (QED) is 0.906. The lowest BCUT2D eigenvalue weighted by molar-refractivity contribution is -0.143. The van der Waals surface area contributed by atoms with Crippen LogP contribution in [0.25, 0.3) is 0 Å². The van der Waals surface area contributed by atoms with Crippen molar-refractivity contribution >= 4 is 21.9 Å². The van der Waals surface area contributed by atoms with Crippen LogP contribution in [-0.2, 0) is 23.1 Å². The predicted molar refractivity (Wildman–Crippen MR) is 81.9 cm³/mol. The van der Waals surface area contributed by atoms with Crippen LogP contribution in [0.5, 0.6) is 0 Å². The third-order valence-electron chi connectivity index (χ3n) is 4.25. The first-order valence-electron chi connectivity index (χ1n) is 6.79. The van der Waals surface area contributed by atoms with Crippen molar-refractivity contribution in [2.45, 2.75) is 24.7 Å². The minimum Gasteiger partial charge on any atom is -0.481 e. The molecule has 0 saturated carbocycles. The number of rotatable bonds is 3. The minimum atomic E-state index is -0.909. The van der Waals surface area contributed by atoms with E-state index in [-0.39, 0.29) is 5.82 Å². The summed E-state index contributed by atoms with van der Waals surface area (Å²) in [5.74, 6) is -1.15. The van der Waals surface area contributed by atoms with Gasteiger partial charge >= 0.3 is 5.97 Å². The van der Waals surface area contributed by atoms with Crippen LogP contribution in [0.1, 0.15) is 23.1 Å². The van der Waals surface area contributed by atoms with E-state index >= 15 is 0 Å². The summed E-state index contributed by atoms with van der Waals surface area (Å²) in [6.45, 7) is 0. The molecule has 1 aliphatic carbocycles. The van der Waals surface area contributed by atoms with Gasteiger partial charge in [0.1, 0.15) is 5.82 Å². The van der Waals surface area contributed by atoms with E-state index in [1.807, 2.05) is 24.3 Å². The number of carboxylic acids is 1. The molecule has 4 heteroatoms. The molecular weight excluding hydrogens is 335 g/mol. The maximum absolute atomic E-state index is 13.3. The van der Waals surface area contributed by atoms with Crippen molar-refractivity contribution in [3.63, 3.8) is 0 Å². The number of hydrogen-bond donors (Lipinski definition) is 1. The zero-order valence-corrected chi connectivity index (χ0v) is 12.9. The molecule has 108 valence electrons. The SMILES string of the molecule is O=C(O)C1(Cc2ccc(F)c(Br)c2)CCc2ccccc21. The Balaban J connectivity index is 2.04. The lowest BCUT2D eigenvalue weighted by atomic mass is 9.76. The van der Waals surface area contributed by atoms with Gasteiger partial charge in [0.05, 0.1) is 9.89 Å². The molecule has 0 saturated heterocycles. The fourth-order valence-corrected chi connectivity index (χ4v) is 3.59. The van der Waals surface area contributed by atoms with Crippen molar-refractivity contribution in [3.05, 3.63) is 69.4 Å². The molecule has 0 bridgehead atoms. The average Bonchev–Trinajstić information content (AvgIpc) is 2.84. The second kappa shape index (κ2) is 5.26. The second-order valence-corrected chi connectivity index (χ2v) is 6.32. The molecule has 2 aromatic rings. The number of benzene rings is 2. The molecule has 1 N–H and O–H groups in total. The molecule has 0 spiro atoms. The van der Waals surface area contributed by atoms with Crippen LogP contribution in [0.4, 0.5) is 4.39 Å². The summed E-state index contributed by atoms with van der Waals surface area (Å²) in [5.41, 5.74) is 1.90. The number of halogens is 2. The molecule has 3 rings (SSSR count). The van der Waals surface area contributed by atoms with Crippen LogP contribution < -0.4 is 0 Å². The Morgan fingerprint density at radius 3 is 2.76 bits per heavy atom. The van der Waals surface area contributed by atoms with Crippen LogP contribution in [0.15, 0.2) is 46.9 Å². The molecule has 1 aliphatic rings. The van der Waals surface area contributed by atoms with Gasteiger partial charge in [-0.05, 0) is 64.0 Å². The van der Waals surface area contributed by atoms with Gasteiger partial charge in [0.2, 0.25) is 0 Å². The van der Waals surface area contributed by atoms with Gasteiger partial charge in [0, 0.05) is 0 Å². The Morgan fingerprint density at radius 2 is 2.05 bits per heavy atom. The summed E-state index contributed by atoms with van der Waals surface area (Å²) >= 11 is 3.16. The van der Waals surface area contributed by atoms with Crippen LogP contribution in [0.3, 0.4) is 0 Å². The standard InChI is InChI=1S/C17H14BrFO2/c18-14-9-11(5-6-15(14)19)10-17(16(20)21)8-7-12-3-1-2-4-13(12)17/h1-6,9H,7-8,10H2,(H,20,21). The van der Waals surface area contributed by atoms with Gasteiger partial charge in [-0.1, -0.05) is 30.3 Å². The van der Waals surface area contributed by atoms with E-state index in [0.717, 1.165) is 23.1 Å². The highest BCUT2D eigenvalue weighted by atomic mass is 79.9. The molecule has 0 heterocycles. The van der Waals surface area contributed by atoms with Gasteiger partial charge in [-0.3, -0.25) is 4.79 Å². The van der Waals surface area contributed by atoms with Crippen molar-refractivity contribution in [2.24, 2.45) is 0 Å². The summed E-state index contributed by atoms with van der Waals surface area (Å²) in [6.07, 6.45) is 1.72. The Kier molecular flexibility index (Phi) is 3.57. The van der Waals surface area contributed by atoms with Crippen LogP contribution >= 0.6 is 15.9 Å². The highest BCUT2D eigenvalue weighted by molar-refractivity contribution is 9.10. The van der Waals surface area contributed by atoms with E-state index < -0.39 is 11.4 Å². The molecule has 2 aromatic carbocycles. The summed E-state index contributed by atoms with van der Waals surface area (Å²) < 4.78 is 13.7. The first-order valence-corrected chi connectivity index (χ1v) is 7.58. The molecule has 2 nitrogen and oxygen atoms in total. The number of hydrogen-bond acceptors (Lipinski definition) is 1. The first-order chi connectivity index (χ1) is 10.0. The summed E-state index contributed by atoms with van der Waals surface area (Å²) in [4.78, 5) is 12.0. The highest BCUT2D eigenvalue weighted by Gasteiger charge is 2.45. The number of carbonyl (C=O) groups is 1. The maximum Gasteiger partial charge on any atom is 0.314 e. The Labute approximate surface area is 130 Å². The average molecular weight is 349 g/mol. The van der Waals surface area contributed by atoms with Crippen molar-refractivity contribution in [2.75, 3.05) is 0 Å². The van der Waals surface area contributed by atoms with Crippen LogP contribution in [0.2, 0.25) is 0 Å². The largest absolute Gasteiger partial charge is 0.481 e. The van der Waals surface area contributed by atoms with Gasteiger partial charge in [-0.25, -0.2) is 4.39 Å². The fraction of sp³-hybridized carbons (Fsp3) is 0.235. The molecule has 0 fully saturated rings. The van der Waals surface area contributed by atoms with Gasteiger partial charge in [-0.15, -0.1) is 0 Å². The first kappa shape index (κ1) is 14.3. The van der Waals surface area contributed by atoms with E-state index in [9.17, 15) is 14.3 Å². The van der Waals surface area contributed by atoms with E-state index in [0.29, 0.717) is 17.3 Å². The zero-order valence-electron chi connectivity index (χ0n) is 11.3. The molecule has 1 unspecified atom stereocenters. The van der Waals surface area contributed by atoms with Gasteiger partial charge in [-0.2, -0.15) is 0 Å². The smallest absolute Gasteiger partial charge is 0.314 e. The van der Waals surface area contributed by atoms with Crippen LogP contribution in [-0.4, -0.2) is 11.1 Å². The number of carboxylic acid groups (broad SMARTS) is 1. The monoisotopic (exact) mass is 348 g/mol. The highest BCUT2D eigenvalue weighted by Crippen LogP contribution is 2.42. The number of aryl methyl sites for hydroxylation is 1. The Morgan fingerprint density at radius 1 is 1.29 bits per heavy atom. The fourth-order valence-electron chi connectivity index (χ4n) is 3.17. The summed E-state index contributed by atoms with van der Waals surface area (Å²) in [7, 11) is 0. The number of fused-ring (bicyclic) bond motifs is 1. The van der Waals surface area contributed by atoms with Gasteiger partial charge < -0.3 is 5.11 Å². The van der Waals surface area contributed by atoms with Crippen molar-refractivity contribution in [1.82, 2.24) is 0 Å². The minimum absolute atomic E-state index is 0.338. The van der Waals surface area contributed by atoms with E-state index in [4.69, 9.17) is 0 Å². The predicted octanol–water partition coefficient (Wildman–Crippen LogP) is 4.10. The molecular formula is C17H14BrFO2. The van der Waals surface area contributed by atoms with Crippen molar-refractivity contribution in [3.8, 4) is 0 Å². The Bertz CT molecular complexity index is 714. The molecule has 0 amide bonds. The normalized spacial score (nSPS) is 20.3. The van der Waals surface area contributed by atoms with Crippen molar-refractivity contribution < 1.29 is 14.3 Å². The topological polar surface area (TPSA) is 37.3 Å². The van der Waals surface area contributed by atoms with Gasteiger partial charge in [0.25, 0.3) is 0 Å². The van der Waals surface area contributed by atoms with Crippen LogP contribution in [0, 0.1) is 5.82 Å². The molecule has 1 atom stereocenters. The maximum atomic E-state index is 13.3. The molecule has 0 aliphatic heterocycles. The Hall–Kier alpha value is -1.68. The van der Waals surface area contributed by atoms with Gasteiger partial charge in [0.15, 0.2) is 0 Å². The van der Waals surface area contributed by atoms with Crippen molar-refractivity contribution in [1.29, 1.82) is 0 Å². The third kappa shape index (κ3) is 2.38. The third-order valence-corrected chi connectivity index (χ3v) is 4.86. The zero-order chi connectivity index (χ0) is 15.0. The molecule has 0 radical (unpaired) electrons. The van der Waals surface area contributed by atoms with E-state index in [1.54, 1.807) is 12.1 Å². The lowest BCUT2D eigenvalue weighted by Gasteiger charge is -2.26. The summed E-state index contributed by atoms with van der Waals surface area (Å²) in [5, 5.41) is 9.81. The lowest BCUT2D eigenvalue weighted by Crippen LogP contribution is -2.35.